The third-order valence-electron chi connectivity index (χ3n) is 5.62. The van der Waals surface area contributed by atoms with Gasteiger partial charge in [0.25, 0.3) is 5.91 Å². The number of piperazine rings is 1. The van der Waals surface area contributed by atoms with E-state index in [0.717, 1.165) is 44.0 Å². The topological polar surface area (TPSA) is 53.1 Å². The smallest absolute Gasteiger partial charge is 0.251 e. The van der Waals surface area contributed by atoms with E-state index in [-0.39, 0.29) is 18.2 Å². The maximum Gasteiger partial charge on any atom is 0.251 e. The first-order valence-electron chi connectivity index (χ1n) is 10.4. The predicted molar refractivity (Wildman–Crippen MR) is 118 cm³/mol. The highest BCUT2D eigenvalue weighted by atomic mass is 35.5. The van der Waals surface area contributed by atoms with Gasteiger partial charge >= 0.3 is 0 Å². The van der Waals surface area contributed by atoms with Gasteiger partial charge in [-0.05, 0) is 48.9 Å². The van der Waals surface area contributed by atoms with Crippen LogP contribution < -0.4 is 14.5 Å². The Labute approximate surface area is 182 Å². The van der Waals surface area contributed by atoms with Gasteiger partial charge in [-0.1, -0.05) is 24.6 Å². The Kier molecular flexibility index (Phi) is 6.25. The van der Waals surface area contributed by atoms with Crippen molar-refractivity contribution in [1.29, 1.82) is 0 Å². The summed E-state index contributed by atoms with van der Waals surface area (Å²) < 4.78 is 5.59. The van der Waals surface area contributed by atoms with Gasteiger partial charge in [0, 0.05) is 36.9 Å². The van der Waals surface area contributed by atoms with E-state index in [0.29, 0.717) is 17.3 Å². The molecule has 4 rings (SSSR count). The zero-order valence-corrected chi connectivity index (χ0v) is 17.8. The lowest BCUT2D eigenvalue weighted by Crippen LogP contribution is -2.52. The summed E-state index contributed by atoms with van der Waals surface area (Å²) in [4.78, 5) is 31.4. The highest BCUT2D eigenvalue weighted by molar-refractivity contribution is 6.30. The average molecular weight is 428 g/mol. The Balaban J connectivity index is 1.39. The van der Waals surface area contributed by atoms with Gasteiger partial charge in [0.1, 0.15) is 5.75 Å². The molecular formula is C23H26ClN3O3. The molecule has 0 aliphatic carbocycles. The largest absolute Gasteiger partial charge is 0.494 e. The number of ether oxygens (including phenoxy) is 1. The number of hydrogen-bond donors (Lipinski definition) is 0. The molecule has 2 saturated heterocycles. The van der Waals surface area contributed by atoms with Gasteiger partial charge in [0.15, 0.2) is 0 Å². The summed E-state index contributed by atoms with van der Waals surface area (Å²) in [5.74, 6) is 0.455. The molecule has 0 spiro atoms. The number of amides is 2. The molecule has 0 saturated carbocycles. The summed E-state index contributed by atoms with van der Waals surface area (Å²) in [5, 5.41) is 0.716. The van der Waals surface area contributed by atoms with E-state index < -0.39 is 6.04 Å². The van der Waals surface area contributed by atoms with Crippen molar-refractivity contribution in [2.45, 2.75) is 25.8 Å². The molecule has 6 nitrogen and oxygen atoms in total. The van der Waals surface area contributed by atoms with Crippen molar-refractivity contribution in [2.24, 2.45) is 0 Å². The minimum absolute atomic E-state index is 0.140. The van der Waals surface area contributed by atoms with Gasteiger partial charge in [-0.2, -0.15) is 0 Å². The van der Waals surface area contributed by atoms with E-state index in [1.165, 1.54) is 4.90 Å². The highest BCUT2D eigenvalue weighted by Gasteiger charge is 2.43. The number of carbonyl (C=O) groups is 2. The molecule has 2 amide bonds. The summed E-state index contributed by atoms with van der Waals surface area (Å²) in [6, 6.07) is 14.6. The third kappa shape index (κ3) is 4.30. The second-order valence-corrected chi connectivity index (χ2v) is 8.07. The van der Waals surface area contributed by atoms with Crippen molar-refractivity contribution in [1.82, 2.24) is 4.90 Å². The van der Waals surface area contributed by atoms with Gasteiger partial charge in [0.2, 0.25) is 5.91 Å². The number of rotatable bonds is 6. The van der Waals surface area contributed by atoms with Crippen LogP contribution in [0.5, 0.6) is 5.75 Å². The van der Waals surface area contributed by atoms with Crippen molar-refractivity contribution in [2.75, 3.05) is 42.6 Å². The molecule has 1 atom stereocenters. The highest BCUT2D eigenvalue weighted by Crippen LogP contribution is 2.29. The predicted octanol–water partition coefficient (Wildman–Crippen LogP) is 3.58. The summed E-state index contributed by atoms with van der Waals surface area (Å²) in [7, 11) is 0. The Morgan fingerprint density at radius 3 is 2.40 bits per heavy atom. The molecule has 0 unspecified atom stereocenters. The molecule has 0 aromatic heterocycles. The molecule has 2 fully saturated rings. The maximum absolute atomic E-state index is 13.1. The maximum atomic E-state index is 13.1. The molecule has 0 radical (unpaired) electrons. The molecule has 2 aromatic carbocycles. The molecule has 158 valence electrons. The Morgan fingerprint density at radius 1 is 1.00 bits per heavy atom. The van der Waals surface area contributed by atoms with E-state index in [2.05, 4.69) is 9.80 Å². The molecule has 7 heteroatoms. The van der Waals surface area contributed by atoms with Crippen LogP contribution in [-0.4, -0.2) is 55.5 Å². The number of imide groups is 1. The van der Waals surface area contributed by atoms with Crippen LogP contribution in [0.1, 0.15) is 19.8 Å². The fourth-order valence-corrected chi connectivity index (χ4v) is 4.23. The SMILES string of the molecule is CCCOc1ccc(N2C(=O)C[C@H](N3CCN(c4cccc(Cl)c4)CC3)C2=O)cc1. The summed E-state index contributed by atoms with van der Waals surface area (Å²) >= 11 is 6.11. The minimum atomic E-state index is -0.393. The number of benzene rings is 2. The molecule has 2 heterocycles. The quantitative estimate of drug-likeness (QED) is 0.659. The standard InChI is InChI=1S/C23H26ClN3O3/c1-2-14-30-20-8-6-18(7-9-20)27-22(28)16-21(23(27)29)26-12-10-25(11-13-26)19-5-3-4-17(24)15-19/h3-9,15,21H,2,10-14,16H2,1H3/t21-/m0/s1. The summed E-state index contributed by atoms with van der Waals surface area (Å²) in [5.41, 5.74) is 1.69. The zero-order valence-electron chi connectivity index (χ0n) is 17.1. The Morgan fingerprint density at radius 2 is 1.73 bits per heavy atom. The first-order valence-corrected chi connectivity index (χ1v) is 10.8. The number of carbonyl (C=O) groups excluding carboxylic acids is 2. The van der Waals surface area contributed by atoms with Gasteiger partial charge in [0.05, 0.1) is 24.8 Å². The molecule has 2 aliphatic heterocycles. The molecule has 2 aromatic rings. The van der Waals surface area contributed by atoms with Crippen molar-refractivity contribution >= 4 is 34.8 Å². The molecule has 2 aliphatic rings. The van der Waals surface area contributed by atoms with E-state index in [1.807, 2.05) is 43.3 Å². The molecule has 0 N–H and O–H groups in total. The fraction of sp³-hybridized carbons (Fsp3) is 0.391. The van der Waals surface area contributed by atoms with Crippen LogP contribution in [0.25, 0.3) is 0 Å². The van der Waals surface area contributed by atoms with Crippen molar-refractivity contribution in [3.8, 4) is 5.75 Å². The van der Waals surface area contributed by atoms with Gasteiger partial charge < -0.3 is 9.64 Å². The zero-order chi connectivity index (χ0) is 21.1. The van der Waals surface area contributed by atoms with E-state index in [4.69, 9.17) is 16.3 Å². The van der Waals surface area contributed by atoms with Crippen LogP contribution in [0.15, 0.2) is 48.5 Å². The minimum Gasteiger partial charge on any atom is -0.494 e. The second kappa shape index (κ2) is 9.06. The molecule has 0 bridgehead atoms. The van der Waals surface area contributed by atoms with E-state index in [9.17, 15) is 9.59 Å². The van der Waals surface area contributed by atoms with E-state index >= 15 is 0 Å². The number of hydrogen-bond acceptors (Lipinski definition) is 5. The first-order chi connectivity index (χ1) is 14.6. The average Bonchev–Trinajstić information content (AvgIpc) is 3.07. The van der Waals surface area contributed by atoms with Gasteiger partial charge in [-0.15, -0.1) is 0 Å². The van der Waals surface area contributed by atoms with Crippen LogP contribution >= 0.6 is 11.6 Å². The monoisotopic (exact) mass is 427 g/mol. The number of nitrogens with zero attached hydrogens (tertiary/aromatic N) is 3. The van der Waals surface area contributed by atoms with Crippen molar-refractivity contribution in [3.63, 3.8) is 0 Å². The van der Waals surface area contributed by atoms with Crippen LogP contribution in [0, 0.1) is 0 Å². The van der Waals surface area contributed by atoms with Crippen LogP contribution in [0.4, 0.5) is 11.4 Å². The van der Waals surface area contributed by atoms with Crippen molar-refractivity contribution in [3.05, 3.63) is 53.6 Å². The van der Waals surface area contributed by atoms with Gasteiger partial charge in [-0.3, -0.25) is 14.5 Å². The lowest BCUT2D eigenvalue weighted by atomic mass is 10.1. The normalized spacial score (nSPS) is 20.1. The van der Waals surface area contributed by atoms with Gasteiger partial charge in [-0.25, -0.2) is 4.90 Å². The lowest BCUT2D eigenvalue weighted by molar-refractivity contribution is -0.123. The van der Waals surface area contributed by atoms with Crippen LogP contribution in [-0.2, 0) is 9.59 Å². The number of halogens is 1. The Hall–Kier alpha value is -2.57. The first kappa shape index (κ1) is 20.7. The lowest BCUT2D eigenvalue weighted by Gasteiger charge is -2.38. The summed E-state index contributed by atoms with van der Waals surface area (Å²) in [6.07, 6.45) is 1.15. The fourth-order valence-electron chi connectivity index (χ4n) is 4.05. The Bertz CT molecular complexity index is 910. The van der Waals surface area contributed by atoms with Crippen LogP contribution in [0.2, 0.25) is 5.02 Å². The number of anilines is 2. The van der Waals surface area contributed by atoms with Crippen LogP contribution in [0.3, 0.4) is 0 Å². The molecule has 30 heavy (non-hydrogen) atoms. The summed E-state index contributed by atoms with van der Waals surface area (Å²) in [6.45, 7) is 5.74. The van der Waals surface area contributed by atoms with E-state index in [1.54, 1.807) is 12.1 Å². The second-order valence-electron chi connectivity index (χ2n) is 7.63. The molecular weight excluding hydrogens is 402 g/mol. The van der Waals surface area contributed by atoms with Crippen molar-refractivity contribution < 1.29 is 14.3 Å². The third-order valence-corrected chi connectivity index (χ3v) is 5.85.